The highest BCUT2D eigenvalue weighted by atomic mass is 35.5. The summed E-state index contributed by atoms with van der Waals surface area (Å²) in [5.41, 5.74) is 0.533. The zero-order valence-corrected chi connectivity index (χ0v) is 10.7. The first-order valence-corrected chi connectivity index (χ1v) is 6.80. The fourth-order valence-electron chi connectivity index (χ4n) is 1.40. The number of rotatable bonds is 4. The summed E-state index contributed by atoms with van der Waals surface area (Å²) in [5.74, 6) is 0. The number of hydrogen-bond acceptors (Lipinski definition) is 4. The molecule has 0 unspecified atom stereocenters. The Morgan fingerprint density at radius 2 is 2.22 bits per heavy atom. The van der Waals surface area contributed by atoms with E-state index in [1.807, 2.05) is 0 Å². The molecule has 0 aliphatic heterocycles. The Balaban J connectivity index is 2.33. The van der Waals surface area contributed by atoms with E-state index < -0.39 is 16.6 Å². The van der Waals surface area contributed by atoms with Crippen LogP contribution in [0.5, 0.6) is 0 Å². The van der Waals surface area contributed by atoms with Gasteiger partial charge in [0.05, 0.1) is 18.5 Å². The summed E-state index contributed by atoms with van der Waals surface area (Å²) in [6.45, 7) is -0.414. The van der Waals surface area contributed by atoms with Crippen LogP contribution in [0.2, 0.25) is 5.02 Å². The quantitative estimate of drug-likeness (QED) is 0.791. The monoisotopic (exact) mass is 287 g/mol. The average Bonchev–Trinajstić information content (AvgIpc) is 2.77. The fraction of sp³-hybridized carbons (Fsp3) is 0.100. The smallest absolute Gasteiger partial charge is 0.279 e. The Kier molecular flexibility index (Phi) is 3.55. The molecule has 96 valence electrons. The number of aliphatic hydroxyl groups excluding tert-OH is 1. The van der Waals surface area contributed by atoms with Crippen LogP contribution < -0.4 is 4.72 Å². The van der Waals surface area contributed by atoms with E-state index in [0.29, 0.717) is 10.7 Å². The van der Waals surface area contributed by atoms with Crippen LogP contribution in [0.3, 0.4) is 0 Å². The van der Waals surface area contributed by atoms with Crippen molar-refractivity contribution in [2.45, 2.75) is 11.6 Å². The third-order valence-corrected chi connectivity index (χ3v) is 3.82. The van der Waals surface area contributed by atoms with E-state index in [9.17, 15) is 8.42 Å². The van der Waals surface area contributed by atoms with E-state index in [2.05, 4.69) is 14.9 Å². The molecule has 18 heavy (non-hydrogen) atoms. The third-order valence-electron chi connectivity index (χ3n) is 2.19. The SMILES string of the molecule is O=S(=O)(Nc1cccc(Cl)c1)c1[nH]ncc1CO. The molecule has 0 aliphatic carbocycles. The molecule has 3 N–H and O–H groups in total. The van der Waals surface area contributed by atoms with Crippen LogP contribution in [0.15, 0.2) is 35.5 Å². The molecular weight excluding hydrogens is 278 g/mol. The van der Waals surface area contributed by atoms with E-state index in [1.54, 1.807) is 18.2 Å². The number of aromatic nitrogens is 2. The van der Waals surface area contributed by atoms with Crippen LogP contribution >= 0.6 is 11.6 Å². The molecule has 0 fully saturated rings. The van der Waals surface area contributed by atoms with Gasteiger partial charge < -0.3 is 5.11 Å². The maximum atomic E-state index is 12.0. The molecule has 0 amide bonds. The summed E-state index contributed by atoms with van der Waals surface area (Å²) in [5, 5.41) is 15.2. The van der Waals surface area contributed by atoms with Gasteiger partial charge in [0.15, 0.2) is 5.03 Å². The number of aliphatic hydroxyl groups is 1. The molecule has 0 saturated heterocycles. The van der Waals surface area contributed by atoms with Crippen molar-refractivity contribution < 1.29 is 13.5 Å². The lowest BCUT2D eigenvalue weighted by atomic mass is 10.3. The molecule has 1 aromatic heterocycles. The van der Waals surface area contributed by atoms with Gasteiger partial charge in [-0.15, -0.1) is 0 Å². The second kappa shape index (κ2) is 4.97. The van der Waals surface area contributed by atoms with Crippen LogP contribution in [0, 0.1) is 0 Å². The van der Waals surface area contributed by atoms with E-state index in [0.717, 1.165) is 0 Å². The van der Waals surface area contributed by atoms with Gasteiger partial charge in [0.1, 0.15) is 0 Å². The Morgan fingerprint density at radius 3 is 2.89 bits per heavy atom. The molecule has 2 aromatic rings. The van der Waals surface area contributed by atoms with Crippen LogP contribution in [-0.4, -0.2) is 23.7 Å². The Labute approximate surface area is 109 Å². The first-order chi connectivity index (χ1) is 8.53. The number of H-pyrrole nitrogens is 1. The van der Waals surface area contributed by atoms with Crippen molar-refractivity contribution in [1.82, 2.24) is 10.2 Å². The van der Waals surface area contributed by atoms with Gasteiger partial charge in [-0.2, -0.15) is 13.5 Å². The van der Waals surface area contributed by atoms with Crippen molar-refractivity contribution in [3.8, 4) is 0 Å². The largest absolute Gasteiger partial charge is 0.392 e. The van der Waals surface area contributed by atoms with Crippen LogP contribution in [0.25, 0.3) is 0 Å². The van der Waals surface area contributed by atoms with E-state index >= 15 is 0 Å². The van der Waals surface area contributed by atoms with E-state index in [1.165, 1.54) is 12.3 Å². The zero-order chi connectivity index (χ0) is 13.2. The summed E-state index contributed by atoms with van der Waals surface area (Å²) in [6, 6.07) is 6.31. The number of nitrogens with zero attached hydrogens (tertiary/aromatic N) is 1. The number of hydrogen-bond donors (Lipinski definition) is 3. The predicted octanol–water partition coefficient (Wildman–Crippen LogP) is 1.36. The van der Waals surface area contributed by atoms with Crippen molar-refractivity contribution in [2.24, 2.45) is 0 Å². The standard InChI is InChI=1S/C10H10ClN3O3S/c11-8-2-1-3-9(4-8)14-18(16,17)10-7(6-15)5-12-13-10/h1-5,14-15H,6H2,(H,12,13). The predicted molar refractivity (Wildman–Crippen MR) is 66.8 cm³/mol. The first-order valence-electron chi connectivity index (χ1n) is 4.94. The molecule has 0 atom stereocenters. The van der Waals surface area contributed by atoms with Crippen molar-refractivity contribution in [3.63, 3.8) is 0 Å². The minimum absolute atomic E-state index is 0.162. The topological polar surface area (TPSA) is 95.1 Å². The van der Waals surface area contributed by atoms with Crippen LogP contribution in [0.4, 0.5) is 5.69 Å². The van der Waals surface area contributed by atoms with Gasteiger partial charge in [-0.05, 0) is 18.2 Å². The van der Waals surface area contributed by atoms with Gasteiger partial charge in [0, 0.05) is 10.6 Å². The van der Waals surface area contributed by atoms with Crippen molar-refractivity contribution in [2.75, 3.05) is 4.72 Å². The third kappa shape index (κ3) is 2.63. The Hall–Kier alpha value is -1.57. The maximum absolute atomic E-state index is 12.0. The summed E-state index contributed by atoms with van der Waals surface area (Å²) < 4.78 is 26.4. The molecule has 0 aliphatic rings. The first kappa shape index (κ1) is 12.9. The molecule has 2 rings (SSSR count). The number of nitrogens with one attached hydrogen (secondary N) is 2. The minimum Gasteiger partial charge on any atom is -0.392 e. The summed E-state index contributed by atoms with van der Waals surface area (Å²) in [4.78, 5) is 0. The summed E-state index contributed by atoms with van der Waals surface area (Å²) >= 11 is 5.76. The van der Waals surface area contributed by atoms with Gasteiger partial charge in [0.25, 0.3) is 10.0 Å². The van der Waals surface area contributed by atoms with Gasteiger partial charge in [0.2, 0.25) is 0 Å². The molecule has 8 heteroatoms. The lowest BCUT2D eigenvalue weighted by Gasteiger charge is -2.07. The number of anilines is 1. The molecular formula is C10H10ClN3O3S. The number of sulfonamides is 1. The number of aromatic amines is 1. The molecule has 6 nitrogen and oxygen atoms in total. The van der Waals surface area contributed by atoms with Crippen molar-refractivity contribution >= 4 is 27.3 Å². The van der Waals surface area contributed by atoms with Crippen LogP contribution in [0.1, 0.15) is 5.56 Å². The normalized spacial score (nSPS) is 11.4. The maximum Gasteiger partial charge on any atom is 0.279 e. The molecule has 1 aromatic carbocycles. The molecule has 1 heterocycles. The Morgan fingerprint density at radius 1 is 1.44 bits per heavy atom. The minimum atomic E-state index is -3.82. The molecule has 0 saturated carbocycles. The number of benzene rings is 1. The average molecular weight is 288 g/mol. The van der Waals surface area contributed by atoms with Crippen LogP contribution in [-0.2, 0) is 16.6 Å². The van der Waals surface area contributed by atoms with Gasteiger partial charge in [-0.1, -0.05) is 17.7 Å². The highest BCUT2D eigenvalue weighted by Gasteiger charge is 2.20. The van der Waals surface area contributed by atoms with E-state index in [-0.39, 0.29) is 10.6 Å². The Bertz CT molecular complexity index is 654. The molecule has 0 bridgehead atoms. The lowest BCUT2D eigenvalue weighted by Crippen LogP contribution is -2.15. The lowest BCUT2D eigenvalue weighted by molar-refractivity contribution is 0.278. The molecule has 0 radical (unpaired) electrons. The molecule has 0 spiro atoms. The summed E-state index contributed by atoms with van der Waals surface area (Å²) in [6.07, 6.45) is 1.26. The fourth-order valence-corrected chi connectivity index (χ4v) is 2.77. The van der Waals surface area contributed by atoms with Gasteiger partial charge in [-0.3, -0.25) is 9.82 Å². The van der Waals surface area contributed by atoms with Crippen molar-refractivity contribution in [3.05, 3.63) is 41.0 Å². The highest BCUT2D eigenvalue weighted by molar-refractivity contribution is 7.92. The van der Waals surface area contributed by atoms with Gasteiger partial charge >= 0.3 is 0 Å². The highest BCUT2D eigenvalue weighted by Crippen LogP contribution is 2.20. The second-order valence-corrected chi connectivity index (χ2v) is 5.55. The number of halogens is 1. The van der Waals surface area contributed by atoms with E-state index in [4.69, 9.17) is 16.7 Å². The van der Waals surface area contributed by atoms with Gasteiger partial charge in [-0.25, -0.2) is 0 Å². The summed E-state index contributed by atoms with van der Waals surface area (Å²) in [7, 11) is -3.82. The second-order valence-electron chi connectivity index (χ2n) is 3.50. The van der Waals surface area contributed by atoms with Crippen molar-refractivity contribution in [1.29, 1.82) is 0 Å². The zero-order valence-electron chi connectivity index (χ0n) is 9.09.